The molecule has 0 amide bonds. The number of hydrogen-bond donors (Lipinski definition) is 1. The Hall–Kier alpha value is -1.80. The van der Waals surface area contributed by atoms with Gasteiger partial charge in [0.1, 0.15) is 11.9 Å². The fourth-order valence-electron chi connectivity index (χ4n) is 2.80. The minimum atomic E-state index is -0.620. The highest BCUT2D eigenvalue weighted by Crippen LogP contribution is 2.31. The molecule has 2 nitrogen and oxygen atoms in total. The zero-order valence-electron chi connectivity index (χ0n) is 12.8. The quantitative estimate of drug-likeness (QED) is 0.913. The van der Waals surface area contributed by atoms with E-state index in [0.29, 0.717) is 0 Å². The van der Waals surface area contributed by atoms with Crippen molar-refractivity contribution in [2.45, 2.75) is 33.8 Å². The van der Waals surface area contributed by atoms with Crippen molar-refractivity contribution in [2.75, 3.05) is 7.11 Å². The topological polar surface area (TPSA) is 29.5 Å². The van der Waals surface area contributed by atoms with Crippen molar-refractivity contribution in [3.63, 3.8) is 0 Å². The normalized spacial score (nSPS) is 12.3. The molecule has 1 atom stereocenters. The molecule has 0 saturated heterocycles. The summed E-state index contributed by atoms with van der Waals surface area (Å²) in [6.07, 6.45) is -0.620. The number of benzene rings is 2. The molecule has 0 bridgehead atoms. The Morgan fingerprint density at radius 2 is 1.50 bits per heavy atom. The summed E-state index contributed by atoms with van der Waals surface area (Å²) < 4.78 is 5.34. The summed E-state index contributed by atoms with van der Waals surface area (Å²) in [4.78, 5) is 0. The number of hydrogen-bond acceptors (Lipinski definition) is 2. The summed E-state index contributed by atoms with van der Waals surface area (Å²) in [5.74, 6) is 0.809. The maximum atomic E-state index is 10.7. The van der Waals surface area contributed by atoms with E-state index in [9.17, 15) is 5.11 Å². The molecule has 1 unspecified atom stereocenters. The molecule has 0 aliphatic heterocycles. The third-order valence-corrected chi connectivity index (χ3v) is 3.76. The first-order chi connectivity index (χ1) is 9.43. The molecule has 0 spiro atoms. The summed E-state index contributed by atoms with van der Waals surface area (Å²) in [5, 5.41) is 10.7. The molecule has 2 aromatic rings. The third kappa shape index (κ3) is 2.70. The molecule has 2 heteroatoms. The highest BCUT2D eigenvalue weighted by molar-refractivity contribution is 5.45. The van der Waals surface area contributed by atoms with E-state index in [1.165, 1.54) is 5.56 Å². The van der Waals surface area contributed by atoms with Crippen LogP contribution in [-0.4, -0.2) is 12.2 Å². The minimum absolute atomic E-state index is 0.620. The highest BCUT2D eigenvalue weighted by Gasteiger charge is 2.17. The van der Waals surface area contributed by atoms with Crippen LogP contribution in [0.4, 0.5) is 0 Å². The van der Waals surface area contributed by atoms with Crippen LogP contribution in [0.1, 0.15) is 39.5 Å². The lowest BCUT2D eigenvalue weighted by Gasteiger charge is -2.19. The predicted molar refractivity (Wildman–Crippen MR) is 82.4 cm³/mol. The van der Waals surface area contributed by atoms with Crippen LogP contribution in [0.3, 0.4) is 0 Å². The molecule has 2 rings (SSSR count). The van der Waals surface area contributed by atoms with Crippen LogP contribution < -0.4 is 4.74 Å². The molecule has 2 aromatic carbocycles. The maximum Gasteiger partial charge on any atom is 0.122 e. The van der Waals surface area contributed by atoms with E-state index in [2.05, 4.69) is 19.1 Å². The summed E-state index contributed by atoms with van der Waals surface area (Å²) in [6, 6.07) is 10.1. The molecule has 0 aliphatic rings. The number of ether oxygens (including phenoxy) is 1. The van der Waals surface area contributed by atoms with Gasteiger partial charge in [0.15, 0.2) is 0 Å². The first kappa shape index (κ1) is 14.6. The molecule has 0 aliphatic carbocycles. The molecule has 20 heavy (non-hydrogen) atoms. The maximum absolute atomic E-state index is 10.7. The number of aliphatic hydroxyl groups is 1. The second-order valence-corrected chi connectivity index (χ2v) is 5.44. The van der Waals surface area contributed by atoms with Crippen molar-refractivity contribution >= 4 is 0 Å². The van der Waals surface area contributed by atoms with Gasteiger partial charge in [-0.3, -0.25) is 0 Å². The fourth-order valence-corrected chi connectivity index (χ4v) is 2.80. The van der Waals surface area contributed by atoms with E-state index in [1.54, 1.807) is 7.11 Å². The van der Waals surface area contributed by atoms with Crippen molar-refractivity contribution < 1.29 is 9.84 Å². The van der Waals surface area contributed by atoms with Crippen LogP contribution in [-0.2, 0) is 0 Å². The lowest BCUT2D eigenvalue weighted by Crippen LogP contribution is -2.05. The van der Waals surface area contributed by atoms with E-state index >= 15 is 0 Å². The number of methoxy groups -OCH3 is 1. The van der Waals surface area contributed by atoms with E-state index < -0.39 is 6.10 Å². The Balaban J connectivity index is 2.49. The molecule has 0 heterocycles. The van der Waals surface area contributed by atoms with Crippen LogP contribution in [0.25, 0.3) is 0 Å². The SMILES string of the molecule is COc1cc(C(O)c2c(C)cc(C)cc2C)ccc1C. The van der Waals surface area contributed by atoms with Gasteiger partial charge >= 0.3 is 0 Å². The molecular weight excluding hydrogens is 248 g/mol. The lowest BCUT2D eigenvalue weighted by molar-refractivity contribution is 0.218. The van der Waals surface area contributed by atoms with Gasteiger partial charge < -0.3 is 9.84 Å². The second kappa shape index (κ2) is 5.68. The molecule has 0 radical (unpaired) electrons. The molecule has 1 N–H and O–H groups in total. The Kier molecular flexibility index (Phi) is 4.15. The summed E-state index contributed by atoms with van der Waals surface area (Å²) in [6.45, 7) is 8.16. The first-order valence-electron chi connectivity index (χ1n) is 6.84. The lowest BCUT2D eigenvalue weighted by atomic mass is 9.91. The van der Waals surface area contributed by atoms with Crippen LogP contribution in [0.15, 0.2) is 30.3 Å². The third-order valence-electron chi connectivity index (χ3n) is 3.76. The van der Waals surface area contributed by atoms with Crippen LogP contribution in [0.2, 0.25) is 0 Å². The molecule has 106 valence electrons. The minimum Gasteiger partial charge on any atom is -0.496 e. The monoisotopic (exact) mass is 270 g/mol. The van der Waals surface area contributed by atoms with Crippen molar-refractivity contribution in [3.8, 4) is 5.75 Å². The summed E-state index contributed by atoms with van der Waals surface area (Å²) >= 11 is 0. The Bertz CT molecular complexity index is 606. The van der Waals surface area contributed by atoms with E-state index in [1.807, 2.05) is 39.0 Å². The number of rotatable bonds is 3. The van der Waals surface area contributed by atoms with Gasteiger partial charge in [-0.05, 0) is 61.6 Å². The van der Waals surface area contributed by atoms with Gasteiger partial charge in [0.05, 0.1) is 7.11 Å². The van der Waals surface area contributed by atoms with Gasteiger partial charge in [0.2, 0.25) is 0 Å². The van der Waals surface area contributed by atoms with E-state index in [-0.39, 0.29) is 0 Å². The van der Waals surface area contributed by atoms with Crippen molar-refractivity contribution in [1.82, 2.24) is 0 Å². The molecule has 0 aromatic heterocycles. The first-order valence-corrected chi connectivity index (χ1v) is 6.84. The molecule has 0 saturated carbocycles. The van der Waals surface area contributed by atoms with Crippen molar-refractivity contribution in [3.05, 3.63) is 63.7 Å². The van der Waals surface area contributed by atoms with Gasteiger partial charge in [0, 0.05) is 0 Å². The van der Waals surface area contributed by atoms with E-state index in [0.717, 1.165) is 33.6 Å². The van der Waals surface area contributed by atoms with Crippen LogP contribution in [0.5, 0.6) is 5.75 Å². The predicted octanol–water partition coefficient (Wildman–Crippen LogP) is 4.01. The van der Waals surface area contributed by atoms with Crippen molar-refractivity contribution in [2.24, 2.45) is 0 Å². The van der Waals surface area contributed by atoms with Gasteiger partial charge in [0.25, 0.3) is 0 Å². The molecular formula is C18H22O2. The average molecular weight is 270 g/mol. The fraction of sp³-hybridized carbons (Fsp3) is 0.333. The van der Waals surface area contributed by atoms with Gasteiger partial charge in [-0.1, -0.05) is 29.8 Å². The average Bonchev–Trinajstić information content (AvgIpc) is 2.37. The zero-order chi connectivity index (χ0) is 14.9. The smallest absolute Gasteiger partial charge is 0.122 e. The zero-order valence-corrected chi connectivity index (χ0v) is 12.8. The standard InChI is InChI=1S/C18H22O2/c1-11-8-13(3)17(14(4)9-11)18(19)15-7-6-12(2)16(10-15)20-5/h6-10,18-19H,1-5H3. The summed E-state index contributed by atoms with van der Waals surface area (Å²) in [5.41, 5.74) is 6.38. The summed E-state index contributed by atoms with van der Waals surface area (Å²) in [7, 11) is 1.65. The van der Waals surface area contributed by atoms with Crippen LogP contribution in [0, 0.1) is 27.7 Å². The largest absolute Gasteiger partial charge is 0.496 e. The Morgan fingerprint density at radius 1 is 0.900 bits per heavy atom. The second-order valence-electron chi connectivity index (χ2n) is 5.44. The Morgan fingerprint density at radius 3 is 2.05 bits per heavy atom. The van der Waals surface area contributed by atoms with Gasteiger partial charge in [-0.15, -0.1) is 0 Å². The van der Waals surface area contributed by atoms with Gasteiger partial charge in [-0.25, -0.2) is 0 Å². The highest BCUT2D eigenvalue weighted by atomic mass is 16.5. The van der Waals surface area contributed by atoms with Gasteiger partial charge in [-0.2, -0.15) is 0 Å². The van der Waals surface area contributed by atoms with Crippen molar-refractivity contribution in [1.29, 1.82) is 0 Å². The Labute approximate surface area is 121 Å². The van der Waals surface area contributed by atoms with Crippen LogP contribution >= 0.6 is 0 Å². The number of aryl methyl sites for hydroxylation is 4. The number of aliphatic hydroxyl groups excluding tert-OH is 1. The van der Waals surface area contributed by atoms with E-state index in [4.69, 9.17) is 4.74 Å². The molecule has 0 fully saturated rings.